The molecule has 5 nitrogen and oxygen atoms in total. The zero-order valence-electron chi connectivity index (χ0n) is 14.2. The van der Waals surface area contributed by atoms with Crippen molar-refractivity contribution in [3.8, 4) is 5.75 Å². The Labute approximate surface area is 132 Å². The van der Waals surface area contributed by atoms with Gasteiger partial charge in [0.2, 0.25) is 0 Å². The van der Waals surface area contributed by atoms with Gasteiger partial charge in [0.25, 0.3) is 5.91 Å². The molecule has 0 aromatic heterocycles. The fourth-order valence-electron chi connectivity index (χ4n) is 2.17. The van der Waals surface area contributed by atoms with E-state index in [2.05, 4.69) is 5.32 Å². The Hall–Kier alpha value is -2.04. The minimum atomic E-state index is -0.566. The van der Waals surface area contributed by atoms with E-state index in [-0.39, 0.29) is 24.7 Å². The average molecular weight is 307 g/mol. The Morgan fingerprint density at radius 1 is 1.05 bits per heavy atom. The molecule has 0 saturated carbocycles. The van der Waals surface area contributed by atoms with Gasteiger partial charge in [0.05, 0.1) is 0 Å². The van der Waals surface area contributed by atoms with Gasteiger partial charge in [0.1, 0.15) is 5.75 Å². The number of hydrogen-bond acceptors (Lipinski definition) is 4. The number of nitrogens with one attached hydrogen (secondary N) is 1. The molecule has 5 heteroatoms. The third kappa shape index (κ3) is 6.16. The third-order valence-electron chi connectivity index (χ3n) is 2.82. The lowest BCUT2D eigenvalue weighted by Crippen LogP contribution is -2.43. The van der Waals surface area contributed by atoms with Crippen LogP contribution in [0.3, 0.4) is 0 Å². The van der Waals surface area contributed by atoms with Gasteiger partial charge in [-0.15, -0.1) is 0 Å². The van der Waals surface area contributed by atoms with Crippen LogP contribution >= 0.6 is 0 Å². The summed E-state index contributed by atoms with van der Waals surface area (Å²) in [7, 11) is 0. The second kappa shape index (κ2) is 7.29. The largest absolute Gasteiger partial charge is 0.481 e. The average Bonchev–Trinajstić information content (AvgIpc) is 2.32. The SMILES string of the molecule is Cc1cc(C)c(OCC(=O)OCC(=O)NC(C)(C)C)c(C)c1. The van der Waals surface area contributed by atoms with Crippen LogP contribution in [0.2, 0.25) is 0 Å². The van der Waals surface area contributed by atoms with Gasteiger partial charge >= 0.3 is 5.97 Å². The van der Waals surface area contributed by atoms with Gasteiger partial charge in [0, 0.05) is 5.54 Å². The molecule has 22 heavy (non-hydrogen) atoms. The van der Waals surface area contributed by atoms with E-state index in [1.807, 2.05) is 53.7 Å². The van der Waals surface area contributed by atoms with Gasteiger partial charge < -0.3 is 14.8 Å². The summed E-state index contributed by atoms with van der Waals surface area (Å²) < 4.78 is 10.4. The van der Waals surface area contributed by atoms with E-state index < -0.39 is 5.97 Å². The van der Waals surface area contributed by atoms with Crippen molar-refractivity contribution in [3.63, 3.8) is 0 Å². The highest BCUT2D eigenvalue weighted by atomic mass is 16.6. The molecule has 0 fully saturated rings. The van der Waals surface area contributed by atoms with Crippen LogP contribution in [-0.4, -0.2) is 30.6 Å². The summed E-state index contributed by atoms with van der Waals surface area (Å²) in [6.07, 6.45) is 0. The highest BCUT2D eigenvalue weighted by molar-refractivity contribution is 5.81. The van der Waals surface area contributed by atoms with Crippen molar-refractivity contribution >= 4 is 11.9 Å². The number of hydrogen-bond donors (Lipinski definition) is 1. The minimum absolute atomic E-state index is 0.215. The summed E-state index contributed by atoms with van der Waals surface area (Å²) in [5, 5.41) is 2.72. The van der Waals surface area contributed by atoms with Gasteiger partial charge in [-0.05, 0) is 52.7 Å². The first-order valence-corrected chi connectivity index (χ1v) is 7.26. The number of amides is 1. The standard InChI is InChI=1S/C17H25NO4/c1-11-7-12(2)16(13(3)8-11)22-10-15(20)21-9-14(19)18-17(4,5)6/h7-8H,9-10H2,1-6H3,(H,18,19). The summed E-state index contributed by atoms with van der Waals surface area (Å²) in [5.74, 6) is -0.214. The molecule has 0 aliphatic heterocycles. The van der Waals surface area contributed by atoms with Gasteiger partial charge in [-0.2, -0.15) is 0 Å². The maximum atomic E-state index is 11.6. The number of carbonyl (C=O) groups excluding carboxylic acids is 2. The first kappa shape index (κ1) is 18.0. The summed E-state index contributed by atoms with van der Waals surface area (Å²) in [6, 6.07) is 3.98. The monoisotopic (exact) mass is 307 g/mol. The molecule has 1 aromatic rings. The van der Waals surface area contributed by atoms with Crippen LogP contribution in [-0.2, 0) is 14.3 Å². The van der Waals surface area contributed by atoms with Crippen LogP contribution in [0.4, 0.5) is 0 Å². The van der Waals surface area contributed by atoms with Crippen molar-refractivity contribution in [1.29, 1.82) is 0 Å². The molecule has 0 saturated heterocycles. The van der Waals surface area contributed by atoms with Crippen molar-refractivity contribution in [3.05, 3.63) is 28.8 Å². The van der Waals surface area contributed by atoms with Crippen LogP contribution in [0, 0.1) is 20.8 Å². The lowest BCUT2D eigenvalue weighted by molar-refractivity contribution is -0.150. The maximum absolute atomic E-state index is 11.6. The fourth-order valence-corrected chi connectivity index (χ4v) is 2.17. The van der Waals surface area contributed by atoms with E-state index in [4.69, 9.17) is 9.47 Å². The highest BCUT2D eigenvalue weighted by Crippen LogP contribution is 2.24. The number of aryl methyl sites for hydroxylation is 3. The number of carbonyl (C=O) groups is 2. The predicted molar refractivity (Wildman–Crippen MR) is 85.0 cm³/mol. The van der Waals surface area contributed by atoms with E-state index in [1.165, 1.54) is 0 Å². The molecule has 0 aliphatic carbocycles. The molecule has 1 N–H and O–H groups in total. The van der Waals surface area contributed by atoms with Crippen molar-refractivity contribution in [2.45, 2.75) is 47.1 Å². The highest BCUT2D eigenvalue weighted by Gasteiger charge is 2.16. The molecule has 0 bridgehead atoms. The zero-order valence-corrected chi connectivity index (χ0v) is 14.2. The van der Waals surface area contributed by atoms with Crippen LogP contribution < -0.4 is 10.1 Å². The Kier molecular flexibility index (Phi) is 5.97. The smallest absolute Gasteiger partial charge is 0.344 e. The number of benzene rings is 1. The van der Waals surface area contributed by atoms with Gasteiger partial charge in [-0.3, -0.25) is 4.79 Å². The predicted octanol–water partition coefficient (Wildman–Crippen LogP) is 2.45. The Balaban J connectivity index is 2.46. The molecule has 1 amide bonds. The van der Waals surface area contributed by atoms with Crippen LogP contribution in [0.1, 0.15) is 37.5 Å². The Bertz CT molecular complexity index is 535. The van der Waals surface area contributed by atoms with Crippen LogP contribution in [0.25, 0.3) is 0 Å². The number of esters is 1. The maximum Gasteiger partial charge on any atom is 0.344 e. The van der Waals surface area contributed by atoms with Gasteiger partial charge in [0.15, 0.2) is 13.2 Å². The Morgan fingerprint density at radius 3 is 2.09 bits per heavy atom. The van der Waals surface area contributed by atoms with Crippen molar-refractivity contribution in [2.24, 2.45) is 0 Å². The van der Waals surface area contributed by atoms with Crippen molar-refractivity contribution < 1.29 is 19.1 Å². The topological polar surface area (TPSA) is 64.6 Å². The zero-order chi connectivity index (χ0) is 16.9. The molecule has 0 atom stereocenters. The van der Waals surface area contributed by atoms with Gasteiger partial charge in [-0.25, -0.2) is 4.79 Å². The van der Waals surface area contributed by atoms with E-state index in [0.717, 1.165) is 16.7 Å². The fraction of sp³-hybridized carbons (Fsp3) is 0.529. The minimum Gasteiger partial charge on any atom is -0.481 e. The third-order valence-corrected chi connectivity index (χ3v) is 2.82. The summed E-state index contributed by atoms with van der Waals surface area (Å²) in [4.78, 5) is 23.2. The molecule has 0 spiro atoms. The lowest BCUT2D eigenvalue weighted by atomic mass is 10.1. The van der Waals surface area contributed by atoms with E-state index in [9.17, 15) is 9.59 Å². The first-order chi connectivity index (χ1) is 10.1. The second-order valence-corrected chi connectivity index (χ2v) is 6.48. The van der Waals surface area contributed by atoms with Gasteiger partial charge in [-0.1, -0.05) is 17.7 Å². The molecule has 0 heterocycles. The first-order valence-electron chi connectivity index (χ1n) is 7.26. The number of rotatable bonds is 5. The molecular weight excluding hydrogens is 282 g/mol. The van der Waals surface area contributed by atoms with Crippen LogP contribution in [0.5, 0.6) is 5.75 Å². The second-order valence-electron chi connectivity index (χ2n) is 6.48. The molecule has 122 valence electrons. The molecule has 0 radical (unpaired) electrons. The van der Waals surface area contributed by atoms with E-state index >= 15 is 0 Å². The number of ether oxygens (including phenoxy) is 2. The van der Waals surface area contributed by atoms with E-state index in [0.29, 0.717) is 5.75 Å². The van der Waals surface area contributed by atoms with Crippen molar-refractivity contribution in [1.82, 2.24) is 5.32 Å². The summed E-state index contributed by atoms with van der Waals surface area (Å²) in [6.45, 7) is 10.9. The summed E-state index contributed by atoms with van der Waals surface area (Å²) >= 11 is 0. The normalized spacial score (nSPS) is 11.0. The Morgan fingerprint density at radius 2 is 1.59 bits per heavy atom. The molecule has 1 aromatic carbocycles. The summed E-state index contributed by atoms with van der Waals surface area (Å²) in [5.41, 5.74) is 2.73. The molecule has 1 rings (SSSR count). The van der Waals surface area contributed by atoms with Crippen LogP contribution in [0.15, 0.2) is 12.1 Å². The molecule has 0 aliphatic rings. The van der Waals surface area contributed by atoms with E-state index in [1.54, 1.807) is 0 Å². The lowest BCUT2D eigenvalue weighted by Gasteiger charge is -2.20. The molecule has 0 unspecified atom stereocenters. The molecular formula is C17H25NO4. The quantitative estimate of drug-likeness (QED) is 0.849. The van der Waals surface area contributed by atoms with Crippen molar-refractivity contribution in [2.75, 3.05) is 13.2 Å².